The second-order valence-electron chi connectivity index (χ2n) is 20.8. The number of hydrogen-bond acceptors (Lipinski definition) is 6. The molecule has 0 N–H and O–H groups in total. The highest BCUT2D eigenvalue weighted by Gasteiger charge is 2.19. The average molecular weight is 920 g/mol. The van der Waals surface area contributed by atoms with Crippen molar-refractivity contribution in [1.29, 1.82) is 0 Å². The van der Waals surface area contributed by atoms with Crippen LogP contribution in [0.3, 0.4) is 0 Å². The Morgan fingerprint density at radius 3 is 0.800 bits per heavy atom. The molecule has 0 radical (unpaired) electrons. The van der Waals surface area contributed by atoms with Crippen LogP contribution in [-0.4, -0.2) is 37.2 Å². The molecule has 0 saturated heterocycles. The molecule has 0 aliphatic rings. The Bertz CT molecular complexity index is 997. The number of hydrogen-bond donors (Lipinski definition) is 0. The van der Waals surface area contributed by atoms with E-state index in [-0.39, 0.29) is 31.1 Å². The van der Waals surface area contributed by atoms with Crippen LogP contribution in [0.25, 0.3) is 0 Å². The van der Waals surface area contributed by atoms with E-state index in [0.29, 0.717) is 19.3 Å². The summed E-state index contributed by atoms with van der Waals surface area (Å²) in [7, 11) is 0. The third-order valence-electron chi connectivity index (χ3n) is 14.2. The highest BCUT2D eigenvalue weighted by atomic mass is 16.6. The van der Waals surface area contributed by atoms with E-state index < -0.39 is 6.10 Å². The fraction of sp³-hybridized carbons (Fsp3) is 0.949. The summed E-state index contributed by atoms with van der Waals surface area (Å²) >= 11 is 0. The maximum absolute atomic E-state index is 12.8. The monoisotopic (exact) mass is 919 g/mol. The van der Waals surface area contributed by atoms with E-state index in [0.717, 1.165) is 69.6 Å². The van der Waals surface area contributed by atoms with Gasteiger partial charge in [0.15, 0.2) is 6.10 Å². The molecule has 0 aliphatic carbocycles. The molecule has 65 heavy (non-hydrogen) atoms. The van der Waals surface area contributed by atoms with Crippen molar-refractivity contribution >= 4 is 17.9 Å². The summed E-state index contributed by atoms with van der Waals surface area (Å²) in [5, 5.41) is 0. The highest BCUT2D eigenvalue weighted by molar-refractivity contribution is 5.71. The molecule has 0 fully saturated rings. The number of unbranched alkanes of at least 4 members (excludes halogenated alkanes) is 36. The summed E-state index contributed by atoms with van der Waals surface area (Å²) in [6.07, 6.45) is 55.1. The lowest BCUT2D eigenvalue weighted by atomic mass is 9.99. The van der Waals surface area contributed by atoms with Crippen LogP contribution in [0.1, 0.15) is 330 Å². The third kappa shape index (κ3) is 50.1. The van der Waals surface area contributed by atoms with Crippen molar-refractivity contribution in [3.8, 4) is 0 Å². The van der Waals surface area contributed by atoms with Crippen LogP contribution >= 0.6 is 0 Å². The Balaban J connectivity index is 4.27. The second kappa shape index (κ2) is 51.8. The van der Waals surface area contributed by atoms with Crippen molar-refractivity contribution in [2.24, 2.45) is 11.8 Å². The van der Waals surface area contributed by atoms with Gasteiger partial charge in [-0.05, 0) is 31.1 Å². The number of rotatable bonds is 53. The Morgan fingerprint density at radius 2 is 0.538 bits per heavy atom. The van der Waals surface area contributed by atoms with E-state index in [4.69, 9.17) is 14.2 Å². The molecule has 0 amide bonds. The summed E-state index contributed by atoms with van der Waals surface area (Å²) < 4.78 is 16.9. The molecule has 2 unspecified atom stereocenters. The molecule has 0 aliphatic heterocycles. The molecule has 6 nitrogen and oxygen atoms in total. The quantitative estimate of drug-likeness (QED) is 0.0344. The molecule has 0 saturated carbocycles. The van der Waals surface area contributed by atoms with Crippen LogP contribution in [0.4, 0.5) is 0 Å². The van der Waals surface area contributed by atoms with Gasteiger partial charge in [0.05, 0.1) is 0 Å². The molecule has 0 heterocycles. The predicted molar refractivity (Wildman–Crippen MR) is 280 cm³/mol. The lowest BCUT2D eigenvalue weighted by Crippen LogP contribution is -2.30. The molecular weight excluding hydrogens is 805 g/mol. The number of carbonyl (C=O) groups is 3. The van der Waals surface area contributed by atoms with Gasteiger partial charge in [0.2, 0.25) is 0 Å². The van der Waals surface area contributed by atoms with Gasteiger partial charge >= 0.3 is 17.9 Å². The molecule has 0 aromatic rings. The molecule has 0 aromatic heterocycles. The molecule has 0 aromatic carbocycles. The lowest BCUT2D eigenvalue weighted by molar-refractivity contribution is -0.167. The van der Waals surface area contributed by atoms with Crippen molar-refractivity contribution in [3.05, 3.63) is 0 Å². The summed E-state index contributed by atoms with van der Waals surface area (Å²) in [6, 6.07) is 0. The summed E-state index contributed by atoms with van der Waals surface area (Å²) in [5.41, 5.74) is 0. The first kappa shape index (κ1) is 63.4. The minimum Gasteiger partial charge on any atom is -0.462 e. The number of esters is 3. The standard InChI is InChI=1S/C59H114O6/c1-6-9-10-11-12-13-14-15-16-17-18-22-25-28-34-39-44-49-57(60)63-52-56(65-59(62)51-46-41-36-31-30-33-38-43-48-55(5)8-3)53-64-58(61)50-45-40-35-29-26-23-20-19-21-24-27-32-37-42-47-54(4)7-2/h54-56H,6-53H2,1-5H3/t54?,55?,56-/m0/s1. The molecule has 0 bridgehead atoms. The fourth-order valence-corrected chi connectivity index (χ4v) is 8.99. The van der Waals surface area contributed by atoms with Gasteiger partial charge in [-0.2, -0.15) is 0 Å². The van der Waals surface area contributed by atoms with Gasteiger partial charge in [0.25, 0.3) is 0 Å². The zero-order chi connectivity index (χ0) is 47.5. The highest BCUT2D eigenvalue weighted by Crippen LogP contribution is 2.19. The van der Waals surface area contributed by atoms with Gasteiger partial charge in [-0.1, -0.05) is 291 Å². The predicted octanol–water partition coefficient (Wildman–Crippen LogP) is 19.3. The van der Waals surface area contributed by atoms with E-state index >= 15 is 0 Å². The Labute approximate surface area is 406 Å². The summed E-state index contributed by atoms with van der Waals surface area (Å²) in [4.78, 5) is 38.1. The van der Waals surface area contributed by atoms with Gasteiger partial charge in [-0.3, -0.25) is 14.4 Å². The van der Waals surface area contributed by atoms with E-state index in [9.17, 15) is 14.4 Å². The Hall–Kier alpha value is -1.59. The van der Waals surface area contributed by atoms with Gasteiger partial charge in [-0.25, -0.2) is 0 Å². The maximum atomic E-state index is 12.8. The topological polar surface area (TPSA) is 78.9 Å². The van der Waals surface area contributed by atoms with E-state index in [1.807, 2.05) is 0 Å². The largest absolute Gasteiger partial charge is 0.462 e. The van der Waals surface area contributed by atoms with Crippen molar-refractivity contribution in [2.45, 2.75) is 336 Å². The zero-order valence-electron chi connectivity index (χ0n) is 44.6. The first-order valence-corrected chi connectivity index (χ1v) is 29.3. The minimum absolute atomic E-state index is 0.0631. The maximum Gasteiger partial charge on any atom is 0.306 e. The van der Waals surface area contributed by atoms with E-state index in [1.165, 1.54) is 218 Å². The van der Waals surface area contributed by atoms with Gasteiger partial charge < -0.3 is 14.2 Å². The Morgan fingerprint density at radius 1 is 0.308 bits per heavy atom. The lowest BCUT2D eigenvalue weighted by Gasteiger charge is -2.18. The summed E-state index contributed by atoms with van der Waals surface area (Å²) in [6.45, 7) is 11.5. The molecule has 386 valence electrons. The van der Waals surface area contributed by atoms with E-state index in [1.54, 1.807) is 0 Å². The minimum atomic E-state index is -0.763. The second-order valence-corrected chi connectivity index (χ2v) is 20.8. The van der Waals surface area contributed by atoms with Crippen LogP contribution < -0.4 is 0 Å². The molecular formula is C59H114O6. The first-order chi connectivity index (χ1) is 31.8. The van der Waals surface area contributed by atoms with Crippen molar-refractivity contribution in [1.82, 2.24) is 0 Å². The fourth-order valence-electron chi connectivity index (χ4n) is 8.99. The number of carbonyl (C=O) groups excluding carboxylic acids is 3. The molecule has 6 heteroatoms. The smallest absolute Gasteiger partial charge is 0.306 e. The van der Waals surface area contributed by atoms with Gasteiger partial charge in [-0.15, -0.1) is 0 Å². The van der Waals surface area contributed by atoms with Crippen LogP contribution in [0, 0.1) is 11.8 Å². The van der Waals surface area contributed by atoms with Crippen LogP contribution in [0.2, 0.25) is 0 Å². The van der Waals surface area contributed by atoms with Crippen molar-refractivity contribution in [3.63, 3.8) is 0 Å². The van der Waals surface area contributed by atoms with Crippen LogP contribution in [0.5, 0.6) is 0 Å². The normalized spacial score (nSPS) is 12.9. The van der Waals surface area contributed by atoms with Gasteiger partial charge in [0.1, 0.15) is 13.2 Å². The molecule has 0 rings (SSSR count). The SMILES string of the molecule is CCCCCCCCCCCCCCCCCCCC(=O)OC[C@@H](COC(=O)CCCCCCCCCCCCCCCCC(C)CC)OC(=O)CCCCCCCCCCC(C)CC. The van der Waals surface area contributed by atoms with Crippen molar-refractivity contribution < 1.29 is 28.6 Å². The third-order valence-corrected chi connectivity index (χ3v) is 14.2. The zero-order valence-corrected chi connectivity index (χ0v) is 44.6. The first-order valence-electron chi connectivity index (χ1n) is 29.3. The Kier molecular flexibility index (Phi) is 50.5. The molecule has 0 spiro atoms. The van der Waals surface area contributed by atoms with Crippen molar-refractivity contribution in [2.75, 3.05) is 13.2 Å². The summed E-state index contributed by atoms with van der Waals surface area (Å²) in [5.74, 6) is 0.900. The average Bonchev–Trinajstić information content (AvgIpc) is 3.30. The van der Waals surface area contributed by atoms with E-state index in [2.05, 4.69) is 34.6 Å². The number of ether oxygens (including phenoxy) is 3. The van der Waals surface area contributed by atoms with Crippen LogP contribution in [-0.2, 0) is 28.6 Å². The van der Waals surface area contributed by atoms with Gasteiger partial charge in [0, 0.05) is 19.3 Å². The molecule has 3 atom stereocenters. The van der Waals surface area contributed by atoms with Crippen LogP contribution in [0.15, 0.2) is 0 Å².